The molecule has 102 valence electrons. The van der Waals surface area contributed by atoms with Crippen LogP contribution in [0, 0.1) is 5.92 Å². The van der Waals surface area contributed by atoms with Crippen LogP contribution < -0.4 is 5.32 Å². The van der Waals surface area contributed by atoms with E-state index in [9.17, 15) is 4.79 Å². The van der Waals surface area contributed by atoms with Crippen LogP contribution in [0.25, 0.3) is 5.65 Å². The Balaban J connectivity index is 1.84. The maximum absolute atomic E-state index is 11.8. The topological polar surface area (TPSA) is 46.4 Å². The molecule has 0 radical (unpaired) electrons. The second-order valence-corrected chi connectivity index (χ2v) is 4.93. The predicted molar refractivity (Wildman–Crippen MR) is 76.0 cm³/mol. The molecule has 1 amide bonds. The average molecular weight is 259 g/mol. The van der Waals surface area contributed by atoms with Crippen molar-refractivity contribution in [1.29, 1.82) is 0 Å². The fourth-order valence-electron chi connectivity index (χ4n) is 2.16. The van der Waals surface area contributed by atoms with E-state index in [2.05, 4.69) is 17.2 Å². The van der Waals surface area contributed by atoms with E-state index < -0.39 is 0 Å². The molecule has 0 aliphatic rings. The highest BCUT2D eigenvalue weighted by Gasteiger charge is 2.10. The maximum atomic E-state index is 11.8. The fourth-order valence-corrected chi connectivity index (χ4v) is 2.16. The molecule has 0 bridgehead atoms. The van der Waals surface area contributed by atoms with Crippen LogP contribution in [0.15, 0.2) is 30.6 Å². The Kier molecular flexibility index (Phi) is 4.55. The first kappa shape index (κ1) is 13.6. The normalized spacial score (nSPS) is 12.5. The molecule has 2 rings (SSSR count). The molecule has 1 atom stereocenters. The Morgan fingerprint density at radius 2 is 2.32 bits per heavy atom. The van der Waals surface area contributed by atoms with Gasteiger partial charge in [-0.1, -0.05) is 26.3 Å². The zero-order valence-electron chi connectivity index (χ0n) is 11.6. The van der Waals surface area contributed by atoms with Gasteiger partial charge >= 0.3 is 0 Å². The van der Waals surface area contributed by atoms with Crippen molar-refractivity contribution in [2.24, 2.45) is 5.92 Å². The first-order chi connectivity index (χ1) is 9.20. The molecule has 2 aromatic heterocycles. The molecule has 0 fully saturated rings. The molecular formula is C15H21N3O. The van der Waals surface area contributed by atoms with Gasteiger partial charge in [0.2, 0.25) is 5.91 Å². The van der Waals surface area contributed by atoms with Gasteiger partial charge in [-0.25, -0.2) is 4.98 Å². The standard InChI is InChI=1S/C15H21N3O/c1-3-6-12(2)15(19)16-9-8-13-11-18-10-5-4-7-14(18)17-13/h4-5,7,10-12H,3,6,8-9H2,1-2H3,(H,16,19). The Morgan fingerprint density at radius 1 is 1.47 bits per heavy atom. The van der Waals surface area contributed by atoms with Gasteiger partial charge in [0.05, 0.1) is 5.69 Å². The van der Waals surface area contributed by atoms with Crippen LogP contribution in [-0.2, 0) is 11.2 Å². The second kappa shape index (κ2) is 6.36. The largest absolute Gasteiger partial charge is 0.355 e. The highest BCUT2D eigenvalue weighted by molar-refractivity contribution is 5.78. The molecule has 0 aliphatic carbocycles. The molecule has 0 saturated heterocycles. The number of amides is 1. The summed E-state index contributed by atoms with van der Waals surface area (Å²) in [6.07, 6.45) is 6.75. The highest BCUT2D eigenvalue weighted by Crippen LogP contribution is 2.06. The van der Waals surface area contributed by atoms with Crippen molar-refractivity contribution in [3.63, 3.8) is 0 Å². The van der Waals surface area contributed by atoms with Gasteiger partial charge < -0.3 is 9.72 Å². The van der Waals surface area contributed by atoms with Gasteiger partial charge in [0.15, 0.2) is 0 Å². The molecule has 1 unspecified atom stereocenters. The van der Waals surface area contributed by atoms with Gasteiger partial charge in [0.1, 0.15) is 5.65 Å². The number of aromatic nitrogens is 2. The molecule has 0 saturated carbocycles. The molecule has 0 aromatic carbocycles. The van der Waals surface area contributed by atoms with Gasteiger partial charge in [-0.15, -0.1) is 0 Å². The number of carbonyl (C=O) groups excluding carboxylic acids is 1. The summed E-state index contributed by atoms with van der Waals surface area (Å²) in [6, 6.07) is 5.93. The summed E-state index contributed by atoms with van der Waals surface area (Å²) in [5.74, 6) is 0.247. The first-order valence-corrected chi connectivity index (χ1v) is 6.91. The Morgan fingerprint density at radius 3 is 3.05 bits per heavy atom. The minimum absolute atomic E-state index is 0.103. The number of pyridine rings is 1. The molecule has 2 heterocycles. The zero-order chi connectivity index (χ0) is 13.7. The lowest BCUT2D eigenvalue weighted by atomic mass is 10.1. The summed E-state index contributed by atoms with van der Waals surface area (Å²) in [6.45, 7) is 4.72. The molecule has 0 spiro atoms. The summed E-state index contributed by atoms with van der Waals surface area (Å²) >= 11 is 0. The summed E-state index contributed by atoms with van der Waals surface area (Å²) in [5.41, 5.74) is 1.96. The van der Waals surface area contributed by atoms with Gasteiger partial charge in [0.25, 0.3) is 0 Å². The molecular weight excluding hydrogens is 238 g/mol. The number of nitrogens with zero attached hydrogens (tertiary/aromatic N) is 2. The van der Waals surface area contributed by atoms with E-state index in [0.29, 0.717) is 6.54 Å². The molecule has 19 heavy (non-hydrogen) atoms. The molecule has 0 aliphatic heterocycles. The maximum Gasteiger partial charge on any atom is 0.222 e. The molecule has 4 heteroatoms. The predicted octanol–water partition coefficient (Wildman–Crippen LogP) is 2.43. The summed E-state index contributed by atoms with van der Waals surface area (Å²) in [4.78, 5) is 16.3. The number of imidazole rings is 1. The van der Waals surface area contributed by atoms with Crippen molar-refractivity contribution >= 4 is 11.6 Å². The SMILES string of the molecule is CCCC(C)C(=O)NCCc1cn2ccccc2n1. The number of hydrogen-bond donors (Lipinski definition) is 1. The van der Waals surface area contributed by atoms with E-state index in [1.54, 1.807) is 0 Å². The summed E-state index contributed by atoms with van der Waals surface area (Å²) in [5, 5.41) is 2.97. The van der Waals surface area contributed by atoms with Crippen molar-refractivity contribution in [2.75, 3.05) is 6.54 Å². The van der Waals surface area contributed by atoms with Crippen LogP contribution in [0.2, 0.25) is 0 Å². The number of rotatable bonds is 6. The first-order valence-electron chi connectivity index (χ1n) is 6.91. The lowest BCUT2D eigenvalue weighted by Crippen LogP contribution is -2.30. The van der Waals surface area contributed by atoms with Gasteiger partial charge in [0, 0.05) is 31.3 Å². The lowest BCUT2D eigenvalue weighted by Gasteiger charge is -2.10. The van der Waals surface area contributed by atoms with Crippen molar-refractivity contribution in [1.82, 2.24) is 14.7 Å². The fraction of sp³-hybridized carbons (Fsp3) is 0.467. The Hall–Kier alpha value is -1.84. The lowest BCUT2D eigenvalue weighted by molar-refractivity contribution is -0.124. The number of nitrogens with one attached hydrogen (secondary N) is 1. The van der Waals surface area contributed by atoms with Crippen LogP contribution in [0.3, 0.4) is 0 Å². The van der Waals surface area contributed by atoms with Crippen molar-refractivity contribution < 1.29 is 4.79 Å². The van der Waals surface area contributed by atoms with E-state index in [-0.39, 0.29) is 11.8 Å². The Labute approximate surface area is 113 Å². The zero-order valence-corrected chi connectivity index (χ0v) is 11.6. The van der Waals surface area contributed by atoms with Crippen LogP contribution in [0.1, 0.15) is 32.4 Å². The minimum Gasteiger partial charge on any atom is -0.355 e. The van der Waals surface area contributed by atoms with E-state index in [4.69, 9.17) is 0 Å². The van der Waals surface area contributed by atoms with Crippen LogP contribution in [0.5, 0.6) is 0 Å². The third-order valence-electron chi connectivity index (χ3n) is 3.26. The van der Waals surface area contributed by atoms with Gasteiger partial charge in [-0.05, 0) is 18.6 Å². The highest BCUT2D eigenvalue weighted by atomic mass is 16.1. The van der Waals surface area contributed by atoms with Crippen LogP contribution >= 0.6 is 0 Å². The molecule has 1 N–H and O–H groups in total. The van der Waals surface area contributed by atoms with E-state index in [1.165, 1.54) is 0 Å². The third-order valence-corrected chi connectivity index (χ3v) is 3.26. The van der Waals surface area contributed by atoms with Gasteiger partial charge in [-0.3, -0.25) is 4.79 Å². The summed E-state index contributed by atoms with van der Waals surface area (Å²) in [7, 11) is 0. The molecule has 4 nitrogen and oxygen atoms in total. The van der Waals surface area contributed by atoms with Crippen LogP contribution in [0.4, 0.5) is 0 Å². The number of fused-ring (bicyclic) bond motifs is 1. The van der Waals surface area contributed by atoms with E-state index >= 15 is 0 Å². The third kappa shape index (κ3) is 3.56. The van der Waals surface area contributed by atoms with Crippen molar-refractivity contribution in [3.8, 4) is 0 Å². The van der Waals surface area contributed by atoms with Gasteiger partial charge in [-0.2, -0.15) is 0 Å². The van der Waals surface area contributed by atoms with Crippen molar-refractivity contribution in [2.45, 2.75) is 33.1 Å². The second-order valence-electron chi connectivity index (χ2n) is 4.93. The van der Waals surface area contributed by atoms with Crippen LogP contribution in [-0.4, -0.2) is 21.8 Å². The monoisotopic (exact) mass is 259 g/mol. The van der Waals surface area contributed by atoms with E-state index in [0.717, 1.165) is 30.6 Å². The van der Waals surface area contributed by atoms with E-state index in [1.807, 2.05) is 41.9 Å². The number of hydrogen-bond acceptors (Lipinski definition) is 2. The number of carbonyl (C=O) groups is 1. The van der Waals surface area contributed by atoms with Crippen molar-refractivity contribution in [3.05, 3.63) is 36.3 Å². The summed E-state index contributed by atoms with van der Waals surface area (Å²) < 4.78 is 2.00. The average Bonchev–Trinajstić information content (AvgIpc) is 2.81. The molecule has 2 aromatic rings. The smallest absolute Gasteiger partial charge is 0.222 e. The minimum atomic E-state index is 0.103. The Bertz CT molecular complexity index is 514. The quantitative estimate of drug-likeness (QED) is 0.866.